The van der Waals surface area contributed by atoms with E-state index in [1.165, 1.54) is 23.1 Å². The molecule has 0 saturated heterocycles. The number of pyridine rings is 1. The molecule has 0 atom stereocenters. The van der Waals surface area contributed by atoms with E-state index in [2.05, 4.69) is 10.3 Å². The number of benzene rings is 1. The van der Waals surface area contributed by atoms with E-state index in [1.807, 2.05) is 12.1 Å². The maximum atomic E-state index is 12.3. The Morgan fingerprint density at radius 1 is 1.20 bits per heavy atom. The zero-order valence-corrected chi connectivity index (χ0v) is 13.7. The van der Waals surface area contributed by atoms with Gasteiger partial charge < -0.3 is 10.2 Å². The van der Waals surface area contributed by atoms with Crippen molar-refractivity contribution in [1.29, 1.82) is 0 Å². The van der Waals surface area contributed by atoms with Crippen LogP contribution in [-0.2, 0) is 16.0 Å². The van der Waals surface area contributed by atoms with Crippen molar-refractivity contribution in [3.05, 3.63) is 64.5 Å². The van der Waals surface area contributed by atoms with Crippen LogP contribution in [0.1, 0.15) is 12.5 Å². The molecule has 2 rings (SSSR count). The number of amides is 2. The minimum atomic E-state index is -0.897. The monoisotopic (exact) mass is 342 g/mol. The number of nitrogens with zero attached hydrogens (tertiary/aromatic N) is 3. The molecule has 0 bridgehead atoms. The predicted molar refractivity (Wildman–Crippen MR) is 91.9 cm³/mol. The van der Waals surface area contributed by atoms with Crippen LogP contribution in [0.15, 0.2) is 48.8 Å². The maximum absolute atomic E-state index is 12.3. The zero-order valence-electron chi connectivity index (χ0n) is 13.7. The average molecular weight is 342 g/mol. The van der Waals surface area contributed by atoms with Crippen LogP contribution in [0.2, 0.25) is 0 Å². The molecule has 0 unspecified atom stereocenters. The molecule has 0 aliphatic heterocycles. The van der Waals surface area contributed by atoms with E-state index in [1.54, 1.807) is 25.4 Å². The summed E-state index contributed by atoms with van der Waals surface area (Å²) in [6.07, 6.45) is 3.91. The maximum Gasteiger partial charge on any atom is 0.314 e. The number of nitro groups is 1. The fraction of sp³-hybridized carbons (Fsp3) is 0.235. The number of nitrogens with one attached hydrogen (secondary N) is 1. The van der Waals surface area contributed by atoms with Crippen LogP contribution in [0.3, 0.4) is 0 Å². The van der Waals surface area contributed by atoms with E-state index >= 15 is 0 Å². The molecule has 0 radical (unpaired) electrons. The second-order valence-electron chi connectivity index (χ2n) is 5.22. The molecular formula is C17H18N4O4. The third kappa shape index (κ3) is 4.84. The van der Waals surface area contributed by atoms with E-state index in [0.29, 0.717) is 19.5 Å². The molecule has 0 aliphatic rings. The van der Waals surface area contributed by atoms with E-state index < -0.39 is 16.7 Å². The Hall–Kier alpha value is -3.29. The van der Waals surface area contributed by atoms with Gasteiger partial charge in [0.25, 0.3) is 5.69 Å². The molecule has 0 spiro atoms. The van der Waals surface area contributed by atoms with Gasteiger partial charge in [-0.05, 0) is 37.1 Å². The van der Waals surface area contributed by atoms with Gasteiger partial charge in [0.1, 0.15) is 5.69 Å². The number of anilines is 1. The molecular weight excluding hydrogens is 324 g/mol. The second-order valence-corrected chi connectivity index (χ2v) is 5.22. The molecule has 25 heavy (non-hydrogen) atoms. The van der Waals surface area contributed by atoms with Gasteiger partial charge in [0.2, 0.25) is 0 Å². The summed E-state index contributed by atoms with van der Waals surface area (Å²) in [5.74, 6) is -1.62. The smallest absolute Gasteiger partial charge is 0.314 e. The Kier molecular flexibility index (Phi) is 6.16. The summed E-state index contributed by atoms with van der Waals surface area (Å²) in [5.41, 5.74) is 0.736. The van der Waals surface area contributed by atoms with Gasteiger partial charge >= 0.3 is 11.8 Å². The highest BCUT2D eigenvalue weighted by Crippen LogP contribution is 2.23. The number of carbonyl (C=O) groups is 2. The van der Waals surface area contributed by atoms with Crippen LogP contribution >= 0.6 is 0 Å². The van der Waals surface area contributed by atoms with Gasteiger partial charge in [0.05, 0.1) is 4.92 Å². The van der Waals surface area contributed by atoms with Crippen molar-refractivity contribution < 1.29 is 14.5 Å². The lowest BCUT2D eigenvalue weighted by Crippen LogP contribution is -2.40. The number of carbonyl (C=O) groups excluding carboxylic acids is 2. The highest BCUT2D eigenvalue weighted by atomic mass is 16.6. The number of rotatable bonds is 6. The third-order valence-electron chi connectivity index (χ3n) is 3.63. The van der Waals surface area contributed by atoms with Gasteiger partial charge in [-0.25, -0.2) is 0 Å². The van der Waals surface area contributed by atoms with Crippen LogP contribution in [0, 0.1) is 10.1 Å². The number of nitro benzene ring substituents is 1. The number of aromatic nitrogens is 1. The summed E-state index contributed by atoms with van der Waals surface area (Å²) in [7, 11) is 0. The normalized spacial score (nSPS) is 10.1. The second kappa shape index (κ2) is 8.53. The summed E-state index contributed by atoms with van der Waals surface area (Å²) in [5, 5.41) is 13.3. The van der Waals surface area contributed by atoms with E-state index in [0.717, 1.165) is 5.56 Å². The van der Waals surface area contributed by atoms with Gasteiger partial charge in [-0.3, -0.25) is 24.7 Å². The van der Waals surface area contributed by atoms with E-state index in [-0.39, 0.29) is 11.4 Å². The molecule has 2 amide bonds. The number of para-hydroxylation sites is 2. The molecule has 1 heterocycles. The van der Waals surface area contributed by atoms with Crippen LogP contribution in [0.25, 0.3) is 0 Å². The van der Waals surface area contributed by atoms with Gasteiger partial charge in [-0.2, -0.15) is 0 Å². The number of likely N-dealkylation sites (N-methyl/N-ethyl adjacent to an activating group) is 1. The fourth-order valence-electron chi connectivity index (χ4n) is 2.27. The number of hydrogen-bond acceptors (Lipinski definition) is 5. The van der Waals surface area contributed by atoms with Gasteiger partial charge in [0, 0.05) is 31.5 Å². The lowest BCUT2D eigenvalue weighted by Gasteiger charge is -2.20. The third-order valence-corrected chi connectivity index (χ3v) is 3.63. The molecule has 0 fully saturated rings. The minimum Gasteiger partial charge on any atom is -0.334 e. The predicted octanol–water partition coefficient (Wildman–Crippen LogP) is 2.02. The Morgan fingerprint density at radius 3 is 2.52 bits per heavy atom. The number of hydrogen-bond donors (Lipinski definition) is 1. The molecule has 1 aromatic carbocycles. The van der Waals surface area contributed by atoms with Crippen LogP contribution in [-0.4, -0.2) is 39.7 Å². The fourth-order valence-corrected chi connectivity index (χ4v) is 2.27. The first-order valence-corrected chi connectivity index (χ1v) is 7.75. The molecule has 0 saturated carbocycles. The first-order chi connectivity index (χ1) is 12.0. The van der Waals surface area contributed by atoms with Crippen molar-refractivity contribution in [2.45, 2.75) is 13.3 Å². The van der Waals surface area contributed by atoms with Crippen LogP contribution in [0.4, 0.5) is 11.4 Å². The summed E-state index contributed by atoms with van der Waals surface area (Å²) in [6, 6.07) is 9.37. The van der Waals surface area contributed by atoms with Gasteiger partial charge in [-0.1, -0.05) is 12.1 Å². The zero-order chi connectivity index (χ0) is 18.2. The molecule has 1 aromatic heterocycles. The lowest BCUT2D eigenvalue weighted by atomic mass is 10.2. The van der Waals surface area contributed by atoms with Crippen molar-refractivity contribution in [3.8, 4) is 0 Å². The Labute approximate surface area is 144 Å². The molecule has 8 nitrogen and oxygen atoms in total. The summed E-state index contributed by atoms with van der Waals surface area (Å²) >= 11 is 0. The molecule has 0 aliphatic carbocycles. The average Bonchev–Trinajstić information content (AvgIpc) is 2.63. The molecule has 130 valence electrons. The summed E-state index contributed by atoms with van der Waals surface area (Å²) in [4.78, 5) is 40.2. The highest BCUT2D eigenvalue weighted by molar-refractivity contribution is 6.39. The summed E-state index contributed by atoms with van der Waals surface area (Å²) in [6.45, 7) is 2.49. The largest absolute Gasteiger partial charge is 0.334 e. The van der Waals surface area contributed by atoms with Crippen molar-refractivity contribution >= 4 is 23.2 Å². The standard InChI is InChI=1S/C17H18N4O4/c1-2-20(12-9-13-7-10-18-11-8-13)17(23)16(22)19-14-5-3-4-6-15(14)21(24)25/h3-8,10-11H,2,9,12H2,1H3,(H,19,22). The van der Waals surface area contributed by atoms with Gasteiger partial charge in [-0.15, -0.1) is 0 Å². The van der Waals surface area contributed by atoms with Crippen molar-refractivity contribution in [2.24, 2.45) is 0 Å². The SMILES string of the molecule is CCN(CCc1ccncc1)C(=O)C(=O)Nc1ccccc1[N+](=O)[O-]. The van der Waals surface area contributed by atoms with Crippen molar-refractivity contribution in [1.82, 2.24) is 9.88 Å². The topological polar surface area (TPSA) is 105 Å². The Morgan fingerprint density at radius 2 is 1.88 bits per heavy atom. The minimum absolute atomic E-state index is 0.00367. The Balaban J connectivity index is 2.02. The molecule has 1 N–H and O–H groups in total. The van der Waals surface area contributed by atoms with Crippen LogP contribution in [0.5, 0.6) is 0 Å². The first kappa shape index (κ1) is 18.1. The van der Waals surface area contributed by atoms with Crippen LogP contribution < -0.4 is 5.32 Å². The molecule has 8 heteroatoms. The Bertz CT molecular complexity index is 764. The van der Waals surface area contributed by atoms with Crippen molar-refractivity contribution in [3.63, 3.8) is 0 Å². The molecule has 2 aromatic rings. The quantitative estimate of drug-likeness (QED) is 0.491. The van der Waals surface area contributed by atoms with Gasteiger partial charge in [0.15, 0.2) is 0 Å². The summed E-state index contributed by atoms with van der Waals surface area (Å²) < 4.78 is 0. The van der Waals surface area contributed by atoms with Crippen molar-refractivity contribution in [2.75, 3.05) is 18.4 Å². The van der Waals surface area contributed by atoms with E-state index in [9.17, 15) is 19.7 Å². The highest BCUT2D eigenvalue weighted by Gasteiger charge is 2.23. The van der Waals surface area contributed by atoms with E-state index in [4.69, 9.17) is 0 Å². The lowest BCUT2D eigenvalue weighted by molar-refractivity contribution is -0.383. The first-order valence-electron chi connectivity index (χ1n) is 7.75.